The normalized spacial score (nSPS) is 25.0. The maximum Gasteiger partial charge on any atom is 0.224 e. The van der Waals surface area contributed by atoms with Crippen molar-refractivity contribution < 1.29 is 17.9 Å². The molecule has 1 amide bonds. The van der Waals surface area contributed by atoms with E-state index in [0.29, 0.717) is 19.5 Å². The van der Waals surface area contributed by atoms with Crippen LogP contribution in [0.5, 0.6) is 0 Å². The predicted octanol–water partition coefficient (Wildman–Crippen LogP) is 1.52. The van der Waals surface area contributed by atoms with Crippen LogP contribution in [0, 0.1) is 5.92 Å². The number of hydrogen-bond acceptors (Lipinski definition) is 4. The van der Waals surface area contributed by atoms with Crippen LogP contribution < -0.4 is 5.32 Å². The van der Waals surface area contributed by atoms with E-state index in [9.17, 15) is 13.2 Å². The number of nitrogens with zero attached hydrogens (tertiary/aromatic N) is 1. The number of sulfonamides is 1. The summed E-state index contributed by atoms with van der Waals surface area (Å²) in [5.41, 5.74) is 0.771. The van der Waals surface area contributed by atoms with Gasteiger partial charge in [0.25, 0.3) is 0 Å². The van der Waals surface area contributed by atoms with E-state index < -0.39 is 10.0 Å². The minimum absolute atomic E-state index is 0.0158. The van der Waals surface area contributed by atoms with Gasteiger partial charge in [-0.25, -0.2) is 12.7 Å². The van der Waals surface area contributed by atoms with E-state index in [-0.39, 0.29) is 30.2 Å². The number of nitrogens with one attached hydrogen (secondary N) is 1. The van der Waals surface area contributed by atoms with Crippen LogP contribution >= 0.6 is 0 Å². The Balaban J connectivity index is 1.55. The quantitative estimate of drug-likeness (QED) is 0.828. The van der Waals surface area contributed by atoms with Crippen LogP contribution in [0.1, 0.15) is 31.2 Å². The van der Waals surface area contributed by atoms with Gasteiger partial charge in [-0.15, -0.1) is 0 Å². The van der Waals surface area contributed by atoms with Crippen molar-refractivity contribution in [2.75, 3.05) is 26.2 Å². The summed E-state index contributed by atoms with van der Waals surface area (Å²) in [6, 6.07) is 9.16. The number of carbonyl (C=O) groups is 1. The summed E-state index contributed by atoms with van der Waals surface area (Å²) < 4.78 is 32.3. The molecule has 2 atom stereocenters. The summed E-state index contributed by atoms with van der Waals surface area (Å²) in [6.07, 6.45) is 3.56. The molecule has 2 aliphatic heterocycles. The zero-order valence-electron chi connectivity index (χ0n) is 14.4. The van der Waals surface area contributed by atoms with E-state index >= 15 is 0 Å². The van der Waals surface area contributed by atoms with E-state index in [1.807, 2.05) is 30.3 Å². The molecule has 2 fully saturated rings. The lowest BCUT2D eigenvalue weighted by Crippen LogP contribution is -2.46. The predicted molar refractivity (Wildman–Crippen MR) is 95.3 cm³/mol. The Labute approximate surface area is 149 Å². The maximum atomic E-state index is 12.7. The van der Waals surface area contributed by atoms with Crippen LogP contribution in [0.4, 0.5) is 0 Å². The van der Waals surface area contributed by atoms with E-state index in [0.717, 1.165) is 31.4 Å². The fourth-order valence-corrected chi connectivity index (χ4v) is 5.06. The van der Waals surface area contributed by atoms with Gasteiger partial charge in [-0.2, -0.15) is 0 Å². The summed E-state index contributed by atoms with van der Waals surface area (Å²) >= 11 is 0. The summed E-state index contributed by atoms with van der Waals surface area (Å²) in [7, 11) is -3.40. The van der Waals surface area contributed by atoms with Crippen LogP contribution in [-0.2, 0) is 25.3 Å². The summed E-state index contributed by atoms with van der Waals surface area (Å²) in [5, 5.41) is 2.93. The number of hydrogen-bond donors (Lipinski definition) is 1. The zero-order chi connectivity index (χ0) is 17.7. The Kier molecular flexibility index (Phi) is 6.09. The van der Waals surface area contributed by atoms with Gasteiger partial charge >= 0.3 is 0 Å². The minimum Gasteiger partial charge on any atom is -0.376 e. The highest BCUT2D eigenvalue weighted by Gasteiger charge is 2.32. The molecule has 2 saturated heterocycles. The lowest BCUT2D eigenvalue weighted by Gasteiger charge is -2.31. The Hall–Kier alpha value is -1.44. The largest absolute Gasteiger partial charge is 0.376 e. The molecule has 2 aliphatic rings. The number of piperidine rings is 1. The molecule has 1 aromatic carbocycles. The third kappa shape index (κ3) is 5.03. The molecule has 6 nitrogen and oxygen atoms in total. The molecule has 1 aromatic rings. The molecule has 0 radical (unpaired) electrons. The van der Waals surface area contributed by atoms with Crippen molar-refractivity contribution in [2.45, 2.75) is 37.5 Å². The van der Waals surface area contributed by atoms with E-state index in [1.165, 1.54) is 4.31 Å². The van der Waals surface area contributed by atoms with E-state index in [4.69, 9.17) is 4.74 Å². The molecule has 2 unspecified atom stereocenters. The Morgan fingerprint density at radius 1 is 1.20 bits per heavy atom. The van der Waals surface area contributed by atoms with Crippen molar-refractivity contribution in [1.82, 2.24) is 9.62 Å². The second-order valence-electron chi connectivity index (χ2n) is 6.82. The molecular formula is C18H26N2O4S. The van der Waals surface area contributed by atoms with Crippen LogP contribution in [0.3, 0.4) is 0 Å². The molecule has 25 heavy (non-hydrogen) atoms. The SMILES string of the molecule is O=C(NCC1CCCO1)C1CCCN(S(=O)(=O)Cc2ccccc2)C1. The Morgan fingerprint density at radius 3 is 2.72 bits per heavy atom. The van der Waals surface area contributed by atoms with E-state index in [1.54, 1.807) is 0 Å². The van der Waals surface area contributed by atoms with Crippen molar-refractivity contribution in [3.63, 3.8) is 0 Å². The number of ether oxygens (including phenoxy) is 1. The molecule has 1 N–H and O–H groups in total. The van der Waals surface area contributed by atoms with Crippen molar-refractivity contribution in [1.29, 1.82) is 0 Å². The smallest absolute Gasteiger partial charge is 0.224 e. The molecule has 0 aromatic heterocycles. The second-order valence-corrected chi connectivity index (χ2v) is 8.79. The molecule has 2 heterocycles. The molecule has 0 bridgehead atoms. The van der Waals surface area contributed by atoms with Gasteiger partial charge in [0.1, 0.15) is 0 Å². The third-order valence-electron chi connectivity index (χ3n) is 4.87. The van der Waals surface area contributed by atoms with Crippen molar-refractivity contribution in [3.8, 4) is 0 Å². The number of amides is 1. The summed E-state index contributed by atoms with van der Waals surface area (Å²) in [6.45, 7) is 2.04. The van der Waals surface area contributed by atoms with Crippen LogP contribution in [0.15, 0.2) is 30.3 Å². The molecule has 0 saturated carbocycles. The number of carbonyl (C=O) groups excluding carboxylic acids is 1. The van der Waals surface area contributed by atoms with Crippen LogP contribution in [-0.4, -0.2) is 51.0 Å². The highest BCUT2D eigenvalue weighted by atomic mass is 32.2. The Bertz CT molecular complexity index is 672. The average Bonchev–Trinajstić information content (AvgIpc) is 3.14. The average molecular weight is 366 g/mol. The highest BCUT2D eigenvalue weighted by molar-refractivity contribution is 7.88. The first-order valence-electron chi connectivity index (χ1n) is 8.95. The third-order valence-corrected chi connectivity index (χ3v) is 6.68. The standard InChI is InChI=1S/C18H26N2O4S/c21-18(19-12-17-9-5-11-24-17)16-8-4-10-20(13-16)25(22,23)14-15-6-2-1-3-7-15/h1-3,6-7,16-17H,4-5,8-14H2,(H,19,21). The van der Waals surface area contributed by atoms with Gasteiger partial charge in [-0.1, -0.05) is 30.3 Å². The fraction of sp³-hybridized carbons (Fsp3) is 0.611. The lowest BCUT2D eigenvalue weighted by molar-refractivity contribution is -0.126. The zero-order valence-corrected chi connectivity index (χ0v) is 15.2. The molecule has 3 rings (SSSR count). The van der Waals surface area contributed by atoms with Crippen molar-refractivity contribution >= 4 is 15.9 Å². The second kappa shape index (κ2) is 8.29. The van der Waals surface area contributed by atoms with Crippen molar-refractivity contribution in [2.24, 2.45) is 5.92 Å². The minimum atomic E-state index is -3.40. The van der Waals surface area contributed by atoms with Gasteiger partial charge in [0.2, 0.25) is 15.9 Å². The molecular weight excluding hydrogens is 340 g/mol. The number of benzene rings is 1. The Morgan fingerprint density at radius 2 is 2.00 bits per heavy atom. The molecule has 138 valence electrons. The summed E-state index contributed by atoms with van der Waals surface area (Å²) in [5.74, 6) is -0.353. The summed E-state index contributed by atoms with van der Waals surface area (Å²) in [4.78, 5) is 12.4. The van der Waals surface area contributed by atoms with Gasteiger partial charge < -0.3 is 10.1 Å². The van der Waals surface area contributed by atoms with E-state index in [2.05, 4.69) is 5.32 Å². The van der Waals surface area contributed by atoms with Gasteiger partial charge in [-0.05, 0) is 31.2 Å². The molecule has 0 aliphatic carbocycles. The van der Waals surface area contributed by atoms with Gasteiger partial charge in [-0.3, -0.25) is 4.79 Å². The highest BCUT2D eigenvalue weighted by Crippen LogP contribution is 2.22. The maximum absolute atomic E-state index is 12.7. The topological polar surface area (TPSA) is 75.7 Å². The first-order chi connectivity index (χ1) is 12.0. The van der Waals surface area contributed by atoms with Gasteiger partial charge in [0.15, 0.2) is 0 Å². The first-order valence-corrected chi connectivity index (χ1v) is 10.6. The first kappa shape index (κ1) is 18.4. The van der Waals surface area contributed by atoms with Gasteiger partial charge in [0.05, 0.1) is 17.8 Å². The van der Waals surface area contributed by atoms with Crippen LogP contribution in [0.2, 0.25) is 0 Å². The molecule has 7 heteroatoms. The monoisotopic (exact) mass is 366 g/mol. The fourth-order valence-electron chi connectivity index (χ4n) is 3.45. The van der Waals surface area contributed by atoms with Crippen LogP contribution in [0.25, 0.3) is 0 Å². The van der Waals surface area contributed by atoms with Crippen molar-refractivity contribution in [3.05, 3.63) is 35.9 Å². The number of rotatable bonds is 6. The lowest BCUT2D eigenvalue weighted by atomic mass is 9.99. The van der Waals surface area contributed by atoms with Gasteiger partial charge in [0, 0.05) is 26.2 Å². The molecule has 0 spiro atoms.